The highest BCUT2D eigenvalue weighted by molar-refractivity contribution is 5.78. The van der Waals surface area contributed by atoms with Gasteiger partial charge in [-0.25, -0.2) is 24.9 Å². The molecule has 16 heteroatoms. The van der Waals surface area contributed by atoms with Gasteiger partial charge in [0.2, 0.25) is 0 Å². The molecule has 0 saturated carbocycles. The van der Waals surface area contributed by atoms with Crippen molar-refractivity contribution >= 4 is 16.6 Å². The maximum Gasteiger partial charge on any atom is 0.136 e. The molecule has 11 aromatic heterocycles. The molecule has 14 aromatic rings. The van der Waals surface area contributed by atoms with Crippen molar-refractivity contribution in [1.29, 1.82) is 0 Å². The van der Waals surface area contributed by atoms with Gasteiger partial charge in [-0.05, 0) is 151 Å². The van der Waals surface area contributed by atoms with Crippen LogP contribution in [0.5, 0.6) is 0 Å². The van der Waals surface area contributed by atoms with Gasteiger partial charge in [0.1, 0.15) is 17.8 Å². The molecule has 0 spiro atoms. The van der Waals surface area contributed by atoms with Gasteiger partial charge in [0.15, 0.2) is 0 Å². The van der Waals surface area contributed by atoms with E-state index in [1.807, 2.05) is 121 Å². The molecule has 0 saturated heterocycles. The van der Waals surface area contributed by atoms with Crippen molar-refractivity contribution in [2.24, 2.45) is 0 Å². The molecular formula is C110H160N16. The number of benzene rings is 3. The van der Waals surface area contributed by atoms with Crippen LogP contribution >= 0.6 is 0 Å². The van der Waals surface area contributed by atoms with Gasteiger partial charge in [-0.3, -0.25) is 30.0 Å². The fourth-order valence-electron chi connectivity index (χ4n) is 10.6. The molecule has 16 nitrogen and oxygen atoms in total. The normalized spacial score (nSPS) is 11.6. The standard InChI is InChI=1S/2C11H14N2.2C10H14.3C9H13N.4C8H12N2.C8H13N.CH4/c1-11(2,3)9-4-5-10-8(6-9)7-12-13-10;1-11(2,3)9-6-8-13-7-4-5-10(13)12-9;2*1-10(2,3)9-7-5-4-6-8-9;1-9(2,3)8-5-4-6-10-7-8;2*1-9(2,3)8-6-4-5-7-10-8;1-8(2,3)7-4-9-6-10-5-7;1-8(2,3)7-6-9-4-5-10-7;1-8(2,3)7-9-5-4-6-10-7;1-8(2,3)7-5-4-6-9-10-7;1-8(2,3)7-4-5-9-6-7;/h4-7H,1-3H3,(H,12,13);4-8H,1-3H3;2*4-8H,1-3H3;3*4-7H,1-3H3;4*4-6H,1-3H3;4-6,9H,1-3H3;1H4. The molecule has 0 radical (unpaired) electrons. The minimum absolute atomic E-state index is 0. The van der Waals surface area contributed by atoms with Crippen molar-refractivity contribution in [3.05, 3.63) is 349 Å². The summed E-state index contributed by atoms with van der Waals surface area (Å²) in [5.74, 6) is 0.898. The quantitative estimate of drug-likeness (QED) is 0.145. The van der Waals surface area contributed by atoms with Crippen molar-refractivity contribution in [2.45, 2.75) is 322 Å². The smallest absolute Gasteiger partial charge is 0.136 e. The summed E-state index contributed by atoms with van der Waals surface area (Å²) in [6.45, 7) is 78.1. The maximum atomic E-state index is 4.57. The Balaban J connectivity index is 0.000000466. The summed E-state index contributed by atoms with van der Waals surface area (Å²) in [5, 5.41) is 15.9. The first-order chi connectivity index (χ1) is 57.7. The Morgan fingerprint density at radius 1 is 0.270 bits per heavy atom. The van der Waals surface area contributed by atoms with E-state index < -0.39 is 0 Å². The second kappa shape index (κ2) is 50.3. The summed E-state index contributed by atoms with van der Waals surface area (Å²) in [7, 11) is 0. The molecule has 11 heterocycles. The van der Waals surface area contributed by atoms with Crippen LogP contribution < -0.4 is 0 Å². The Bertz CT molecular complexity index is 4320. The number of hydrogen-bond donors (Lipinski definition) is 2. The highest BCUT2D eigenvalue weighted by Gasteiger charge is 2.22. The summed E-state index contributed by atoms with van der Waals surface area (Å²) >= 11 is 0. The first-order valence-electron chi connectivity index (χ1n) is 43.6. The highest BCUT2D eigenvalue weighted by atomic mass is 15.1. The summed E-state index contributed by atoms with van der Waals surface area (Å²) in [6.07, 6.45) is 33.0. The number of aromatic amines is 2. The second-order valence-electron chi connectivity index (χ2n) is 43.2. The Morgan fingerprint density at radius 2 is 0.698 bits per heavy atom. The lowest BCUT2D eigenvalue weighted by Crippen LogP contribution is -2.14. The predicted octanol–water partition coefficient (Wildman–Crippen LogP) is 28.6. The number of aromatic nitrogens is 16. The van der Waals surface area contributed by atoms with Gasteiger partial charge >= 0.3 is 0 Å². The molecule has 0 bridgehead atoms. The van der Waals surface area contributed by atoms with Gasteiger partial charge in [-0.15, -0.1) is 0 Å². The Morgan fingerprint density at radius 3 is 1.02 bits per heavy atom. The maximum absolute atomic E-state index is 4.57. The van der Waals surface area contributed by atoms with Crippen LogP contribution in [0.1, 0.15) is 324 Å². The van der Waals surface area contributed by atoms with Gasteiger partial charge in [-0.2, -0.15) is 15.3 Å². The number of rotatable bonds is 0. The number of hydrogen-bond acceptors (Lipinski definition) is 13. The van der Waals surface area contributed by atoms with Crippen molar-refractivity contribution in [3.8, 4) is 0 Å². The third kappa shape index (κ3) is 44.6. The zero-order valence-corrected chi connectivity index (χ0v) is 83.3. The first kappa shape index (κ1) is 111. The van der Waals surface area contributed by atoms with E-state index in [2.05, 4.69) is 440 Å². The van der Waals surface area contributed by atoms with E-state index in [0.717, 1.165) is 45.5 Å². The predicted molar refractivity (Wildman–Crippen MR) is 537 cm³/mol. The van der Waals surface area contributed by atoms with E-state index in [0.29, 0.717) is 16.2 Å². The zero-order valence-electron chi connectivity index (χ0n) is 83.3. The van der Waals surface area contributed by atoms with Crippen LogP contribution in [-0.4, -0.2) is 79.6 Å². The van der Waals surface area contributed by atoms with E-state index >= 15 is 0 Å². The molecule has 2 N–H and O–H groups in total. The largest absolute Gasteiger partial charge is 0.367 e. The van der Waals surface area contributed by atoms with Crippen LogP contribution in [0.3, 0.4) is 0 Å². The topological polar surface area (TPSA) is 204 Å². The molecule has 14 rings (SSSR count). The van der Waals surface area contributed by atoms with Gasteiger partial charge < -0.3 is 9.38 Å². The Hall–Kier alpha value is -11.1. The molecule has 0 unspecified atom stereocenters. The van der Waals surface area contributed by atoms with E-state index in [-0.39, 0.29) is 56.2 Å². The molecule has 0 aliphatic rings. The van der Waals surface area contributed by atoms with Crippen LogP contribution in [0.4, 0.5) is 0 Å². The third-order valence-electron chi connectivity index (χ3n) is 18.9. The zero-order chi connectivity index (χ0) is 94.4. The minimum Gasteiger partial charge on any atom is -0.367 e. The number of nitrogens with one attached hydrogen (secondary N) is 2. The summed E-state index contributed by atoms with van der Waals surface area (Å²) < 4.78 is 2.02. The van der Waals surface area contributed by atoms with Crippen molar-refractivity contribution in [1.82, 2.24) is 79.6 Å². The van der Waals surface area contributed by atoms with Crippen molar-refractivity contribution in [2.75, 3.05) is 0 Å². The molecule has 0 aliphatic heterocycles. The summed E-state index contributed by atoms with van der Waals surface area (Å²) in [5.41, 5.74) is 17.9. The number of H-pyrrole nitrogens is 2. The fourth-order valence-corrected chi connectivity index (χ4v) is 10.6. The SMILES string of the molecule is C.CC(C)(C)c1cc[nH]c1.CC(C)(C)c1ccc2[nH]ncc2c1.CC(C)(C)c1ccccc1.CC(C)(C)c1ccccc1.CC(C)(C)c1ccccn1.CC(C)(C)c1ccccn1.CC(C)(C)c1cccnc1.CC(C)(C)c1cccnn1.CC(C)(C)c1ccn2cccc2n1.CC(C)(C)c1cnccn1.CC(C)(C)c1cncnc1.CC(C)(C)c1ncccn1. The van der Waals surface area contributed by atoms with Gasteiger partial charge in [0.05, 0.1) is 23.1 Å². The van der Waals surface area contributed by atoms with Gasteiger partial charge in [0.25, 0.3) is 0 Å². The average molecular weight is 1710 g/mol. The molecule has 680 valence electrons. The number of nitrogens with zero attached hydrogens (tertiary/aromatic N) is 14. The lowest BCUT2D eigenvalue weighted by Gasteiger charge is -2.18. The van der Waals surface area contributed by atoms with Crippen LogP contribution in [0.2, 0.25) is 0 Å². The first-order valence-corrected chi connectivity index (χ1v) is 43.6. The molecule has 0 atom stereocenters. The third-order valence-corrected chi connectivity index (χ3v) is 18.9. The lowest BCUT2D eigenvalue weighted by molar-refractivity contribution is 0.545. The molecular weight excluding hydrogens is 1550 g/mol. The molecule has 0 fully saturated rings. The molecule has 3 aromatic carbocycles. The van der Waals surface area contributed by atoms with Crippen LogP contribution in [0.25, 0.3) is 16.6 Å². The molecule has 0 amide bonds. The van der Waals surface area contributed by atoms with Gasteiger partial charge in [-0.1, -0.05) is 342 Å². The monoisotopic (exact) mass is 1710 g/mol. The fraction of sp³-hybridized carbons (Fsp3) is 0.445. The van der Waals surface area contributed by atoms with E-state index in [1.165, 1.54) is 38.8 Å². The molecule has 0 aliphatic carbocycles. The van der Waals surface area contributed by atoms with E-state index in [4.69, 9.17) is 0 Å². The van der Waals surface area contributed by atoms with Crippen molar-refractivity contribution in [3.63, 3.8) is 0 Å². The number of pyridine rings is 3. The second-order valence-corrected chi connectivity index (χ2v) is 43.2. The highest BCUT2D eigenvalue weighted by Crippen LogP contribution is 2.29. The van der Waals surface area contributed by atoms with Gasteiger partial charge in [0, 0.05) is 154 Å². The Kier molecular flexibility index (Phi) is 44.3. The van der Waals surface area contributed by atoms with Crippen LogP contribution in [-0.2, 0) is 65.0 Å². The lowest BCUT2D eigenvalue weighted by atomic mass is 9.86. The van der Waals surface area contributed by atoms with Crippen LogP contribution in [0.15, 0.2) is 282 Å². The van der Waals surface area contributed by atoms with Crippen molar-refractivity contribution < 1.29 is 0 Å². The minimum atomic E-state index is 0. The van der Waals surface area contributed by atoms with E-state index in [9.17, 15) is 0 Å². The molecule has 126 heavy (non-hydrogen) atoms. The summed E-state index contributed by atoms with van der Waals surface area (Å²) in [4.78, 5) is 44.5. The number of fused-ring (bicyclic) bond motifs is 2. The summed E-state index contributed by atoms with van der Waals surface area (Å²) in [6, 6.07) is 57.6. The van der Waals surface area contributed by atoms with E-state index in [1.54, 1.807) is 49.7 Å². The average Bonchev–Trinajstić information content (AvgIpc) is 1.67. The van der Waals surface area contributed by atoms with Crippen LogP contribution in [0, 0.1) is 0 Å². The Labute approximate surface area is 762 Å².